The molecule has 110 valence electrons. The van der Waals surface area contributed by atoms with E-state index < -0.39 is 18.0 Å². The number of hydrogen-bond donors (Lipinski definition) is 1. The zero-order valence-electron chi connectivity index (χ0n) is 10.7. The van der Waals surface area contributed by atoms with E-state index >= 15 is 0 Å². The summed E-state index contributed by atoms with van der Waals surface area (Å²) in [6.07, 6.45) is -4.36. The summed E-state index contributed by atoms with van der Waals surface area (Å²) in [6, 6.07) is 5.04. The minimum absolute atomic E-state index is 0.149. The topological polar surface area (TPSA) is 47.6 Å². The average molecular weight is 289 g/mol. The third-order valence-corrected chi connectivity index (χ3v) is 3.05. The average Bonchev–Trinajstić information content (AvgIpc) is 2.73. The van der Waals surface area contributed by atoms with Crippen LogP contribution in [0.2, 0.25) is 0 Å². The van der Waals surface area contributed by atoms with Gasteiger partial charge in [-0.25, -0.2) is 0 Å². The van der Waals surface area contributed by atoms with Crippen LogP contribution in [0.4, 0.5) is 13.2 Å². The molecule has 1 N–H and O–H groups in total. The van der Waals surface area contributed by atoms with E-state index in [0.717, 1.165) is 6.07 Å². The Morgan fingerprint density at radius 3 is 2.70 bits per heavy atom. The highest BCUT2D eigenvalue weighted by molar-refractivity contribution is 5.97. The largest absolute Gasteiger partial charge is 0.573 e. The second-order valence-electron chi connectivity index (χ2n) is 4.49. The lowest BCUT2D eigenvalue weighted by molar-refractivity contribution is -0.274. The molecule has 0 saturated carbocycles. The van der Waals surface area contributed by atoms with Crippen molar-refractivity contribution in [1.82, 2.24) is 5.32 Å². The van der Waals surface area contributed by atoms with Gasteiger partial charge in [-0.05, 0) is 25.5 Å². The maximum absolute atomic E-state index is 12.3. The van der Waals surface area contributed by atoms with Gasteiger partial charge in [0, 0.05) is 6.61 Å². The van der Waals surface area contributed by atoms with E-state index in [1.165, 1.54) is 18.2 Å². The molecule has 1 aromatic carbocycles. The van der Waals surface area contributed by atoms with E-state index in [4.69, 9.17) is 4.74 Å². The van der Waals surface area contributed by atoms with Crippen molar-refractivity contribution in [3.05, 3.63) is 29.8 Å². The van der Waals surface area contributed by atoms with Crippen LogP contribution in [0.15, 0.2) is 24.3 Å². The standard InChI is InChI=1S/C13H14F3NO3/c1-8-10(6-7-19-8)17-12(18)9-4-2-3-5-11(9)20-13(14,15)16/h2-5,8,10H,6-7H2,1H3,(H,17,18)/t8-,10+/m1/s1. The van der Waals surface area contributed by atoms with Crippen LogP contribution in [0.5, 0.6) is 5.75 Å². The maximum atomic E-state index is 12.3. The first kappa shape index (κ1) is 14.6. The molecule has 1 aliphatic heterocycles. The smallest absolute Gasteiger partial charge is 0.405 e. The number of carbonyl (C=O) groups excluding carboxylic acids is 1. The van der Waals surface area contributed by atoms with Gasteiger partial charge in [-0.3, -0.25) is 4.79 Å². The van der Waals surface area contributed by atoms with Gasteiger partial charge in [0.25, 0.3) is 5.91 Å². The van der Waals surface area contributed by atoms with Crippen molar-refractivity contribution < 1.29 is 27.4 Å². The summed E-state index contributed by atoms with van der Waals surface area (Å²) < 4.78 is 46.0. The lowest BCUT2D eigenvalue weighted by atomic mass is 10.1. The number of hydrogen-bond acceptors (Lipinski definition) is 3. The summed E-state index contributed by atoms with van der Waals surface area (Å²) in [5, 5.41) is 2.66. The summed E-state index contributed by atoms with van der Waals surface area (Å²) in [5.74, 6) is -1.11. The molecule has 20 heavy (non-hydrogen) atoms. The van der Waals surface area contributed by atoms with Crippen LogP contribution in [0.3, 0.4) is 0 Å². The minimum Gasteiger partial charge on any atom is -0.405 e. The Hall–Kier alpha value is -1.76. The molecule has 0 aromatic heterocycles. The Kier molecular flexibility index (Phi) is 4.17. The molecule has 1 saturated heterocycles. The Balaban J connectivity index is 2.13. The van der Waals surface area contributed by atoms with E-state index in [9.17, 15) is 18.0 Å². The van der Waals surface area contributed by atoms with Gasteiger partial charge in [-0.15, -0.1) is 13.2 Å². The monoisotopic (exact) mass is 289 g/mol. The summed E-state index contributed by atoms with van der Waals surface area (Å²) in [7, 11) is 0. The molecule has 1 aromatic rings. The Morgan fingerprint density at radius 1 is 1.40 bits per heavy atom. The molecule has 0 unspecified atom stereocenters. The first-order valence-corrected chi connectivity index (χ1v) is 6.14. The van der Waals surface area contributed by atoms with Crippen molar-refractivity contribution in [3.8, 4) is 5.75 Å². The van der Waals surface area contributed by atoms with Gasteiger partial charge in [0.2, 0.25) is 0 Å². The number of rotatable bonds is 3. The number of benzene rings is 1. The van der Waals surface area contributed by atoms with E-state index in [1.807, 2.05) is 0 Å². The van der Waals surface area contributed by atoms with Crippen molar-refractivity contribution in [2.45, 2.75) is 31.9 Å². The number of carbonyl (C=O) groups is 1. The molecule has 0 aliphatic carbocycles. The van der Waals surface area contributed by atoms with Gasteiger partial charge in [-0.2, -0.15) is 0 Å². The number of amides is 1. The van der Waals surface area contributed by atoms with Gasteiger partial charge < -0.3 is 14.8 Å². The molecular weight excluding hydrogens is 275 g/mol. The Labute approximate surface area is 113 Å². The van der Waals surface area contributed by atoms with Gasteiger partial charge in [0.15, 0.2) is 0 Å². The van der Waals surface area contributed by atoms with Crippen LogP contribution in [0, 0.1) is 0 Å². The molecule has 2 rings (SSSR count). The molecule has 4 nitrogen and oxygen atoms in total. The molecular formula is C13H14F3NO3. The third kappa shape index (κ3) is 3.63. The van der Waals surface area contributed by atoms with Gasteiger partial charge in [0.1, 0.15) is 5.75 Å². The summed E-state index contributed by atoms with van der Waals surface area (Å²) >= 11 is 0. The van der Waals surface area contributed by atoms with Crippen molar-refractivity contribution in [2.75, 3.05) is 6.61 Å². The van der Waals surface area contributed by atoms with E-state index in [-0.39, 0.29) is 17.7 Å². The predicted molar refractivity (Wildman–Crippen MR) is 64.4 cm³/mol. The molecule has 0 bridgehead atoms. The fourth-order valence-corrected chi connectivity index (χ4v) is 2.04. The Bertz CT molecular complexity index is 490. The van der Waals surface area contributed by atoms with Gasteiger partial charge >= 0.3 is 6.36 Å². The number of ether oxygens (including phenoxy) is 2. The summed E-state index contributed by atoms with van der Waals surface area (Å²) in [4.78, 5) is 12.0. The quantitative estimate of drug-likeness (QED) is 0.930. The maximum Gasteiger partial charge on any atom is 0.573 e. The molecule has 1 fully saturated rings. The number of nitrogens with one attached hydrogen (secondary N) is 1. The van der Waals surface area contributed by atoms with Gasteiger partial charge in [0.05, 0.1) is 17.7 Å². The van der Waals surface area contributed by atoms with Crippen LogP contribution in [0.1, 0.15) is 23.7 Å². The second-order valence-corrected chi connectivity index (χ2v) is 4.49. The molecule has 2 atom stereocenters. The highest BCUT2D eigenvalue weighted by Gasteiger charge is 2.33. The molecule has 7 heteroatoms. The molecule has 1 amide bonds. The van der Waals surface area contributed by atoms with Crippen LogP contribution >= 0.6 is 0 Å². The van der Waals surface area contributed by atoms with Crippen molar-refractivity contribution in [2.24, 2.45) is 0 Å². The number of para-hydroxylation sites is 1. The summed E-state index contributed by atoms with van der Waals surface area (Å²) in [6.45, 7) is 2.32. The Morgan fingerprint density at radius 2 is 2.10 bits per heavy atom. The van der Waals surface area contributed by atoms with Crippen molar-refractivity contribution >= 4 is 5.91 Å². The van der Waals surface area contributed by atoms with Crippen LogP contribution < -0.4 is 10.1 Å². The predicted octanol–water partition coefficient (Wildman–Crippen LogP) is 2.49. The molecule has 0 radical (unpaired) electrons. The zero-order chi connectivity index (χ0) is 14.8. The first-order chi connectivity index (χ1) is 9.37. The number of halogens is 3. The van der Waals surface area contributed by atoms with Crippen LogP contribution in [0.25, 0.3) is 0 Å². The van der Waals surface area contributed by atoms with E-state index in [2.05, 4.69) is 10.1 Å². The molecule has 1 aliphatic rings. The van der Waals surface area contributed by atoms with Crippen LogP contribution in [-0.2, 0) is 4.74 Å². The minimum atomic E-state index is -4.83. The second kappa shape index (κ2) is 5.70. The molecule has 0 spiro atoms. The molecule has 1 heterocycles. The fraction of sp³-hybridized carbons (Fsp3) is 0.462. The SMILES string of the molecule is C[C@H]1OCC[C@@H]1NC(=O)c1ccccc1OC(F)(F)F. The normalized spacial score (nSPS) is 22.6. The van der Waals surface area contributed by atoms with Crippen LogP contribution in [-0.4, -0.2) is 31.0 Å². The highest BCUT2D eigenvalue weighted by atomic mass is 19.4. The highest BCUT2D eigenvalue weighted by Crippen LogP contribution is 2.26. The third-order valence-electron chi connectivity index (χ3n) is 3.05. The lowest BCUT2D eigenvalue weighted by Crippen LogP contribution is -2.39. The lowest BCUT2D eigenvalue weighted by Gasteiger charge is -2.18. The fourth-order valence-electron chi connectivity index (χ4n) is 2.04. The van der Waals surface area contributed by atoms with E-state index in [1.54, 1.807) is 6.92 Å². The summed E-state index contributed by atoms with van der Waals surface area (Å²) in [5.41, 5.74) is -0.149. The first-order valence-electron chi connectivity index (χ1n) is 6.14. The zero-order valence-corrected chi connectivity index (χ0v) is 10.7. The van der Waals surface area contributed by atoms with Gasteiger partial charge in [-0.1, -0.05) is 12.1 Å². The van der Waals surface area contributed by atoms with Crippen molar-refractivity contribution in [3.63, 3.8) is 0 Å². The number of alkyl halides is 3. The van der Waals surface area contributed by atoms with Crippen molar-refractivity contribution in [1.29, 1.82) is 0 Å². The van der Waals surface area contributed by atoms with E-state index in [0.29, 0.717) is 13.0 Å².